The number of anilines is 2. The third-order valence-corrected chi connectivity index (χ3v) is 5.01. The van der Waals surface area contributed by atoms with E-state index in [9.17, 15) is 9.18 Å². The Morgan fingerprint density at radius 1 is 1.14 bits per heavy atom. The first-order chi connectivity index (χ1) is 13.5. The van der Waals surface area contributed by atoms with Gasteiger partial charge in [-0.1, -0.05) is 13.3 Å². The molecule has 0 radical (unpaired) electrons. The molecule has 2 heterocycles. The van der Waals surface area contributed by atoms with Gasteiger partial charge in [0.2, 0.25) is 5.95 Å². The molecule has 0 aliphatic carbocycles. The highest BCUT2D eigenvalue weighted by Crippen LogP contribution is 2.18. The Hall–Kier alpha value is -2.70. The molecule has 6 nitrogen and oxygen atoms in total. The summed E-state index contributed by atoms with van der Waals surface area (Å²) in [5.74, 6) is 0.299. The van der Waals surface area contributed by atoms with Crippen LogP contribution in [0.1, 0.15) is 35.9 Å². The van der Waals surface area contributed by atoms with E-state index in [-0.39, 0.29) is 11.7 Å². The van der Waals surface area contributed by atoms with Crippen LogP contribution in [0.2, 0.25) is 0 Å². The molecule has 2 aromatic rings. The number of nitrogens with zero attached hydrogens (tertiary/aromatic N) is 5. The maximum absolute atomic E-state index is 13.1. The minimum Gasteiger partial charge on any atom is -0.368 e. The number of carbonyl (C=O) groups excluding carboxylic acids is 1. The molecule has 3 rings (SSSR count). The van der Waals surface area contributed by atoms with Crippen LogP contribution in [0.25, 0.3) is 0 Å². The van der Waals surface area contributed by atoms with Crippen LogP contribution in [-0.4, -0.2) is 60.5 Å². The first-order valence-corrected chi connectivity index (χ1v) is 9.84. The van der Waals surface area contributed by atoms with Crippen molar-refractivity contribution in [3.05, 3.63) is 47.5 Å². The summed E-state index contributed by atoms with van der Waals surface area (Å²) in [6, 6.07) is 8.24. The van der Waals surface area contributed by atoms with Crippen molar-refractivity contribution >= 4 is 17.5 Å². The van der Waals surface area contributed by atoms with Gasteiger partial charge in [-0.2, -0.15) is 0 Å². The molecule has 1 aliphatic rings. The van der Waals surface area contributed by atoms with E-state index in [1.807, 2.05) is 23.8 Å². The lowest BCUT2D eigenvalue weighted by molar-refractivity contribution is 0.0740. The monoisotopic (exact) mass is 385 g/mol. The molecule has 0 bridgehead atoms. The third kappa shape index (κ3) is 4.77. The van der Waals surface area contributed by atoms with E-state index in [1.165, 1.54) is 12.1 Å². The molecule has 1 saturated heterocycles. The highest BCUT2D eigenvalue weighted by atomic mass is 19.1. The van der Waals surface area contributed by atoms with Crippen molar-refractivity contribution in [3.8, 4) is 0 Å². The van der Waals surface area contributed by atoms with E-state index < -0.39 is 0 Å². The standard InChI is InChI=1S/C21H28FN5O/c1-4-5-10-25(3)21-23-16(2)15-19(24-21)20(28)27-13-11-26(12-14-27)18-8-6-17(22)7-9-18/h6-9,15H,4-5,10-14H2,1-3H3. The number of amides is 1. The Kier molecular flexibility index (Phi) is 6.44. The van der Waals surface area contributed by atoms with Gasteiger partial charge < -0.3 is 14.7 Å². The fourth-order valence-electron chi connectivity index (χ4n) is 3.31. The SMILES string of the molecule is CCCCN(C)c1nc(C)cc(C(=O)N2CCN(c3ccc(F)cc3)CC2)n1. The number of aromatic nitrogens is 2. The van der Waals surface area contributed by atoms with E-state index in [1.54, 1.807) is 18.2 Å². The number of hydrogen-bond donors (Lipinski definition) is 0. The van der Waals surface area contributed by atoms with Gasteiger partial charge in [-0.25, -0.2) is 14.4 Å². The summed E-state index contributed by atoms with van der Waals surface area (Å²) in [5.41, 5.74) is 2.22. The first-order valence-electron chi connectivity index (χ1n) is 9.84. The lowest BCUT2D eigenvalue weighted by atomic mass is 10.2. The molecule has 0 saturated carbocycles. The predicted molar refractivity (Wildman–Crippen MR) is 109 cm³/mol. The Bertz CT molecular complexity index is 803. The summed E-state index contributed by atoms with van der Waals surface area (Å²) in [6.45, 7) is 7.55. The molecule has 0 N–H and O–H groups in total. The number of halogens is 1. The second-order valence-corrected chi connectivity index (χ2v) is 7.23. The molecule has 7 heteroatoms. The number of aryl methyl sites for hydroxylation is 1. The van der Waals surface area contributed by atoms with Crippen molar-refractivity contribution in [2.45, 2.75) is 26.7 Å². The van der Waals surface area contributed by atoms with Gasteiger partial charge in [-0.3, -0.25) is 4.79 Å². The molecule has 1 aliphatic heterocycles. The zero-order valence-corrected chi connectivity index (χ0v) is 16.9. The van der Waals surface area contributed by atoms with Crippen LogP contribution in [-0.2, 0) is 0 Å². The molecule has 28 heavy (non-hydrogen) atoms. The summed E-state index contributed by atoms with van der Waals surface area (Å²) in [6.07, 6.45) is 2.16. The zero-order chi connectivity index (χ0) is 20.1. The quantitative estimate of drug-likeness (QED) is 0.765. The summed E-state index contributed by atoms with van der Waals surface area (Å²) >= 11 is 0. The molecule has 150 valence electrons. The maximum Gasteiger partial charge on any atom is 0.272 e. The van der Waals surface area contributed by atoms with Crippen molar-refractivity contribution in [2.75, 3.05) is 49.6 Å². The van der Waals surface area contributed by atoms with Crippen molar-refractivity contribution in [3.63, 3.8) is 0 Å². The Morgan fingerprint density at radius 3 is 2.46 bits per heavy atom. The smallest absolute Gasteiger partial charge is 0.272 e. The van der Waals surface area contributed by atoms with E-state index in [4.69, 9.17) is 0 Å². The van der Waals surface area contributed by atoms with Gasteiger partial charge in [0, 0.05) is 51.2 Å². The van der Waals surface area contributed by atoms with Gasteiger partial charge in [0.1, 0.15) is 11.5 Å². The molecule has 1 amide bonds. The van der Waals surface area contributed by atoms with E-state index in [2.05, 4.69) is 21.8 Å². The number of rotatable bonds is 6. The summed E-state index contributed by atoms with van der Waals surface area (Å²) < 4.78 is 13.1. The minimum atomic E-state index is -0.239. The maximum atomic E-state index is 13.1. The Labute approximate surface area is 166 Å². The number of hydrogen-bond acceptors (Lipinski definition) is 5. The van der Waals surface area contributed by atoms with Crippen LogP contribution in [0.15, 0.2) is 30.3 Å². The fraction of sp³-hybridized carbons (Fsp3) is 0.476. The fourth-order valence-corrected chi connectivity index (χ4v) is 3.31. The van der Waals surface area contributed by atoms with Gasteiger partial charge in [-0.05, 0) is 43.7 Å². The molecule has 1 fully saturated rings. The van der Waals surface area contributed by atoms with Crippen molar-refractivity contribution in [1.82, 2.24) is 14.9 Å². The third-order valence-electron chi connectivity index (χ3n) is 5.01. The Balaban J connectivity index is 1.66. The number of piperazine rings is 1. The second kappa shape index (κ2) is 8.99. The van der Waals surface area contributed by atoms with E-state index >= 15 is 0 Å². The lowest BCUT2D eigenvalue weighted by Gasteiger charge is -2.36. The van der Waals surface area contributed by atoms with Crippen molar-refractivity contribution in [1.29, 1.82) is 0 Å². The summed E-state index contributed by atoms with van der Waals surface area (Å²) in [7, 11) is 1.96. The zero-order valence-electron chi connectivity index (χ0n) is 16.9. The highest BCUT2D eigenvalue weighted by Gasteiger charge is 2.24. The average molecular weight is 385 g/mol. The molecular weight excluding hydrogens is 357 g/mol. The highest BCUT2D eigenvalue weighted by molar-refractivity contribution is 5.92. The van der Waals surface area contributed by atoms with Gasteiger partial charge in [0.05, 0.1) is 0 Å². The number of carbonyl (C=O) groups is 1. The first kappa shape index (κ1) is 20.0. The normalized spacial score (nSPS) is 14.3. The molecule has 0 atom stereocenters. The van der Waals surface area contributed by atoms with Crippen molar-refractivity contribution < 1.29 is 9.18 Å². The molecule has 0 spiro atoms. The number of benzene rings is 1. The molecule has 0 unspecified atom stereocenters. The van der Waals surface area contributed by atoms with Crippen LogP contribution in [0.3, 0.4) is 0 Å². The summed E-state index contributed by atoms with van der Waals surface area (Å²) in [4.78, 5) is 28.0. The van der Waals surface area contributed by atoms with Crippen LogP contribution in [0, 0.1) is 12.7 Å². The van der Waals surface area contributed by atoms with E-state index in [0.29, 0.717) is 37.8 Å². The van der Waals surface area contributed by atoms with Gasteiger partial charge >= 0.3 is 0 Å². The number of unbranched alkanes of at least 4 members (excludes halogenated alkanes) is 1. The summed E-state index contributed by atoms with van der Waals surface area (Å²) in [5, 5.41) is 0. The van der Waals surface area contributed by atoms with Crippen LogP contribution in [0.4, 0.5) is 16.0 Å². The van der Waals surface area contributed by atoms with Gasteiger partial charge in [0.15, 0.2) is 0 Å². The van der Waals surface area contributed by atoms with Gasteiger partial charge in [0.25, 0.3) is 5.91 Å². The molecule has 1 aromatic heterocycles. The topological polar surface area (TPSA) is 52.6 Å². The van der Waals surface area contributed by atoms with Crippen LogP contribution >= 0.6 is 0 Å². The Morgan fingerprint density at radius 2 is 1.82 bits per heavy atom. The van der Waals surface area contributed by atoms with Gasteiger partial charge in [-0.15, -0.1) is 0 Å². The van der Waals surface area contributed by atoms with E-state index in [0.717, 1.165) is 30.8 Å². The second-order valence-electron chi connectivity index (χ2n) is 7.23. The largest absolute Gasteiger partial charge is 0.368 e. The molecule has 1 aromatic carbocycles. The van der Waals surface area contributed by atoms with Crippen LogP contribution in [0.5, 0.6) is 0 Å². The predicted octanol–water partition coefficient (Wildman–Crippen LogP) is 3.12. The minimum absolute atomic E-state index is 0.0607. The lowest BCUT2D eigenvalue weighted by Crippen LogP contribution is -2.49. The average Bonchev–Trinajstić information content (AvgIpc) is 2.71. The van der Waals surface area contributed by atoms with Crippen molar-refractivity contribution in [2.24, 2.45) is 0 Å². The van der Waals surface area contributed by atoms with Crippen LogP contribution < -0.4 is 9.80 Å². The molecular formula is C21H28FN5O.